The molecule has 0 radical (unpaired) electrons. The molecule has 2 heterocycles. The van der Waals surface area contributed by atoms with Crippen molar-refractivity contribution in [1.82, 2.24) is 4.90 Å². The second-order valence-corrected chi connectivity index (χ2v) is 6.77. The zero-order valence-electron chi connectivity index (χ0n) is 15.0. The largest absolute Gasteiger partial charge is 0.508 e. The molecule has 0 fully saturated rings. The molecule has 140 valence electrons. The highest BCUT2D eigenvalue weighted by molar-refractivity contribution is 6.01. The molecule has 6 heteroatoms. The lowest BCUT2D eigenvalue weighted by Crippen LogP contribution is -2.42. The van der Waals surface area contributed by atoms with Gasteiger partial charge >= 0.3 is 0 Å². The second-order valence-electron chi connectivity index (χ2n) is 6.77. The zero-order valence-corrected chi connectivity index (χ0v) is 15.0. The van der Waals surface area contributed by atoms with Gasteiger partial charge in [-0.25, -0.2) is 0 Å². The van der Waals surface area contributed by atoms with Crippen molar-refractivity contribution >= 4 is 11.6 Å². The van der Waals surface area contributed by atoms with Crippen LogP contribution in [0.3, 0.4) is 0 Å². The highest BCUT2D eigenvalue weighted by atomic mass is 16.7. The molecule has 6 nitrogen and oxygen atoms in total. The van der Waals surface area contributed by atoms with Gasteiger partial charge in [0.1, 0.15) is 11.9 Å². The van der Waals surface area contributed by atoms with E-state index in [9.17, 15) is 9.90 Å². The van der Waals surface area contributed by atoms with Crippen LogP contribution in [0.15, 0.2) is 66.7 Å². The molecule has 0 bridgehead atoms. The Morgan fingerprint density at radius 2 is 1.79 bits per heavy atom. The average molecular weight is 374 g/mol. The van der Waals surface area contributed by atoms with Crippen LogP contribution in [0, 0.1) is 0 Å². The van der Waals surface area contributed by atoms with Gasteiger partial charge in [-0.15, -0.1) is 0 Å². The van der Waals surface area contributed by atoms with Gasteiger partial charge in [0.2, 0.25) is 6.79 Å². The monoisotopic (exact) mass is 374 g/mol. The Labute approximate surface area is 161 Å². The SMILES string of the molecule is O=C1c2ccccc2NC(c2ccccc2O)N1Cc1ccc2c(c1)OCO2. The van der Waals surface area contributed by atoms with E-state index in [1.165, 1.54) is 0 Å². The molecule has 0 aliphatic carbocycles. The van der Waals surface area contributed by atoms with Crippen LogP contribution in [-0.4, -0.2) is 22.7 Å². The minimum Gasteiger partial charge on any atom is -0.508 e. The summed E-state index contributed by atoms with van der Waals surface area (Å²) in [5.74, 6) is 1.42. The maximum atomic E-state index is 13.3. The van der Waals surface area contributed by atoms with Gasteiger partial charge in [-0.1, -0.05) is 36.4 Å². The summed E-state index contributed by atoms with van der Waals surface area (Å²) in [5, 5.41) is 13.8. The van der Waals surface area contributed by atoms with Crippen LogP contribution < -0.4 is 14.8 Å². The Balaban J connectivity index is 1.56. The molecule has 2 aliphatic rings. The van der Waals surface area contributed by atoms with E-state index in [2.05, 4.69) is 5.32 Å². The van der Waals surface area contributed by atoms with Crippen molar-refractivity contribution in [3.05, 3.63) is 83.4 Å². The smallest absolute Gasteiger partial charge is 0.258 e. The number of hydrogen-bond acceptors (Lipinski definition) is 5. The van der Waals surface area contributed by atoms with Crippen molar-refractivity contribution < 1.29 is 19.4 Å². The van der Waals surface area contributed by atoms with E-state index in [1.807, 2.05) is 48.5 Å². The quantitative estimate of drug-likeness (QED) is 0.728. The summed E-state index contributed by atoms with van der Waals surface area (Å²) >= 11 is 0. The molecule has 3 aromatic carbocycles. The first-order valence-electron chi connectivity index (χ1n) is 9.04. The predicted octanol–water partition coefficient (Wildman–Crippen LogP) is 3.89. The van der Waals surface area contributed by atoms with Crippen molar-refractivity contribution in [1.29, 1.82) is 0 Å². The summed E-state index contributed by atoms with van der Waals surface area (Å²) in [6, 6.07) is 20.1. The number of anilines is 1. The summed E-state index contributed by atoms with van der Waals surface area (Å²) in [5.41, 5.74) is 2.92. The Kier molecular flexibility index (Phi) is 3.83. The summed E-state index contributed by atoms with van der Waals surface area (Å²) in [7, 11) is 0. The fourth-order valence-electron chi connectivity index (χ4n) is 3.66. The Hall–Kier alpha value is -3.67. The Bertz CT molecular complexity index is 1070. The minimum atomic E-state index is -0.492. The van der Waals surface area contributed by atoms with Crippen molar-refractivity contribution in [2.24, 2.45) is 0 Å². The number of benzene rings is 3. The molecule has 1 atom stereocenters. The van der Waals surface area contributed by atoms with Crippen molar-refractivity contribution in [2.75, 3.05) is 12.1 Å². The third-order valence-corrected chi connectivity index (χ3v) is 5.04. The molecule has 0 aromatic heterocycles. The average Bonchev–Trinajstić information content (AvgIpc) is 3.18. The highest BCUT2D eigenvalue weighted by Gasteiger charge is 2.34. The lowest BCUT2D eigenvalue weighted by molar-refractivity contribution is 0.0664. The van der Waals surface area contributed by atoms with Crippen LogP contribution in [0.2, 0.25) is 0 Å². The molecule has 2 aliphatic heterocycles. The van der Waals surface area contributed by atoms with E-state index >= 15 is 0 Å². The van der Waals surface area contributed by atoms with Gasteiger partial charge in [-0.05, 0) is 35.9 Å². The summed E-state index contributed by atoms with van der Waals surface area (Å²) in [6.07, 6.45) is -0.492. The summed E-state index contributed by atoms with van der Waals surface area (Å²) in [6.45, 7) is 0.562. The zero-order chi connectivity index (χ0) is 19.1. The van der Waals surface area contributed by atoms with Crippen molar-refractivity contribution in [3.8, 4) is 17.2 Å². The van der Waals surface area contributed by atoms with Crippen molar-refractivity contribution in [2.45, 2.75) is 12.7 Å². The normalized spacial score (nSPS) is 17.2. The molecule has 1 unspecified atom stereocenters. The number of phenols is 1. The molecular formula is C22H18N2O4. The molecular weight excluding hydrogens is 356 g/mol. The maximum Gasteiger partial charge on any atom is 0.258 e. The first kappa shape index (κ1) is 16.5. The molecule has 2 N–H and O–H groups in total. The van der Waals surface area contributed by atoms with Crippen molar-refractivity contribution in [3.63, 3.8) is 0 Å². The van der Waals surface area contributed by atoms with Crippen LogP contribution in [-0.2, 0) is 6.54 Å². The molecule has 0 saturated carbocycles. The second kappa shape index (κ2) is 6.49. The number of hydrogen-bond donors (Lipinski definition) is 2. The molecule has 0 saturated heterocycles. The highest BCUT2D eigenvalue weighted by Crippen LogP contribution is 2.38. The van der Waals surface area contributed by atoms with E-state index < -0.39 is 6.17 Å². The number of nitrogens with zero attached hydrogens (tertiary/aromatic N) is 1. The first-order chi connectivity index (χ1) is 13.7. The fraction of sp³-hybridized carbons (Fsp3) is 0.136. The fourth-order valence-corrected chi connectivity index (χ4v) is 3.66. The third kappa shape index (κ3) is 2.70. The van der Waals surface area contributed by atoms with E-state index in [0.29, 0.717) is 29.2 Å². The number of para-hydroxylation sites is 2. The van der Waals surface area contributed by atoms with Gasteiger partial charge in [0.05, 0.1) is 5.56 Å². The van der Waals surface area contributed by atoms with Gasteiger partial charge in [-0.2, -0.15) is 0 Å². The van der Waals surface area contributed by atoms with Gasteiger partial charge < -0.3 is 24.8 Å². The number of carbonyl (C=O) groups excluding carboxylic acids is 1. The van der Waals surface area contributed by atoms with Crippen LogP contribution in [0.25, 0.3) is 0 Å². The first-order valence-corrected chi connectivity index (χ1v) is 9.04. The summed E-state index contributed by atoms with van der Waals surface area (Å²) < 4.78 is 10.8. The lowest BCUT2D eigenvalue weighted by Gasteiger charge is -2.38. The number of aromatic hydroxyl groups is 1. The van der Waals surface area contributed by atoms with Gasteiger partial charge in [0.15, 0.2) is 11.5 Å². The number of rotatable bonds is 3. The van der Waals surface area contributed by atoms with E-state index in [4.69, 9.17) is 9.47 Å². The standard InChI is InChI=1S/C22H18N2O4/c25-18-8-4-2-6-16(18)21-23-17-7-3-1-5-15(17)22(26)24(21)12-14-9-10-19-20(11-14)28-13-27-19/h1-11,21,23,25H,12-13H2. The molecule has 5 rings (SSSR count). The molecule has 3 aromatic rings. The molecule has 28 heavy (non-hydrogen) atoms. The van der Waals surface area contributed by atoms with E-state index in [0.717, 1.165) is 11.3 Å². The molecule has 1 amide bonds. The predicted molar refractivity (Wildman–Crippen MR) is 103 cm³/mol. The third-order valence-electron chi connectivity index (χ3n) is 5.04. The number of ether oxygens (including phenoxy) is 2. The Morgan fingerprint density at radius 1 is 1.00 bits per heavy atom. The van der Waals surface area contributed by atoms with Gasteiger partial charge in [0, 0.05) is 17.8 Å². The van der Waals surface area contributed by atoms with Crippen LogP contribution in [0.4, 0.5) is 5.69 Å². The summed E-state index contributed by atoms with van der Waals surface area (Å²) in [4.78, 5) is 15.0. The van der Waals surface area contributed by atoms with Crippen LogP contribution >= 0.6 is 0 Å². The molecule has 0 spiro atoms. The van der Waals surface area contributed by atoms with Crippen LogP contribution in [0.1, 0.15) is 27.7 Å². The maximum absolute atomic E-state index is 13.3. The van der Waals surface area contributed by atoms with E-state index in [1.54, 1.807) is 23.1 Å². The number of carbonyl (C=O) groups is 1. The van der Waals surface area contributed by atoms with Crippen LogP contribution in [0.5, 0.6) is 17.2 Å². The number of amides is 1. The number of phenolic OH excluding ortho intramolecular Hbond substituents is 1. The Morgan fingerprint density at radius 3 is 2.68 bits per heavy atom. The number of nitrogens with one attached hydrogen (secondary N) is 1. The van der Waals surface area contributed by atoms with Gasteiger partial charge in [-0.3, -0.25) is 4.79 Å². The van der Waals surface area contributed by atoms with Gasteiger partial charge in [0.25, 0.3) is 5.91 Å². The topological polar surface area (TPSA) is 71.0 Å². The number of fused-ring (bicyclic) bond motifs is 2. The lowest BCUT2D eigenvalue weighted by atomic mass is 10.0. The minimum absolute atomic E-state index is 0.0970. The van der Waals surface area contributed by atoms with E-state index in [-0.39, 0.29) is 18.4 Å².